The van der Waals surface area contributed by atoms with Gasteiger partial charge in [0.25, 0.3) is 0 Å². The summed E-state index contributed by atoms with van der Waals surface area (Å²) in [5, 5.41) is 12.2. The average molecular weight is 1680 g/mol. The molecule has 10 nitrogen and oxygen atoms in total. The Morgan fingerprint density at radius 2 is 0.832 bits per heavy atom. The predicted octanol–water partition coefficient (Wildman–Crippen LogP) is 26.2. The molecule has 1 fully saturated rings. The van der Waals surface area contributed by atoms with Gasteiger partial charge in [-0.1, -0.05) is 179 Å². The van der Waals surface area contributed by atoms with E-state index in [1.807, 2.05) is 157 Å². The highest BCUT2D eigenvalue weighted by molar-refractivity contribution is 7.88. The molecule has 119 heavy (non-hydrogen) atoms. The van der Waals surface area contributed by atoms with Crippen LogP contribution >= 0.6 is 0 Å². The lowest BCUT2D eigenvalue weighted by Gasteiger charge is -2.14. The lowest BCUT2D eigenvalue weighted by molar-refractivity contribution is 0.260. The van der Waals surface area contributed by atoms with E-state index in [1.165, 1.54) is 92.2 Å². The zero-order valence-corrected chi connectivity index (χ0v) is 76.1. The maximum absolute atomic E-state index is 13.5. The molecule has 9 aromatic carbocycles. The van der Waals surface area contributed by atoms with Gasteiger partial charge in [0.15, 0.2) is 0 Å². The van der Waals surface area contributed by atoms with Gasteiger partial charge in [-0.15, -0.1) is 0 Å². The molecule has 0 saturated carbocycles. The minimum atomic E-state index is -3.24. The molecule has 10 rings (SSSR count). The zero-order valence-electron chi connectivity index (χ0n) is 75.2. The van der Waals surface area contributed by atoms with Crippen molar-refractivity contribution >= 4 is 15.7 Å². The first-order valence-corrected chi connectivity index (χ1v) is 43.3. The van der Waals surface area contributed by atoms with Crippen LogP contribution in [0.3, 0.4) is 0 Å². The number of phenolic OH excluding ortho intramolecular Hbond substituents is 1. The third-order valence-electron chi connectivity index (χ3n) is 18.8. The maximum atomic E-state index is 13.5. The minimum Gasteiger partial charge on any atom is -0.508 e. The topological polar surface area (TPSA) is 107 Å². The normalized spacial score (nSPS) is 11.8. The van der Waals surface area contributed by atoms with Crippen molar-refractivity contribution in [2.24, 2.45) is 0 Å². The second-order valence-electron chi connectivity index (χ2n) is 33.1. The molecule has 658 valence electrons. The maximum Gasteiger partial charge on any atom is 0.209 e. The molecule has 1 saturated heterocycles. The molecule has 20 heteroatoms. The SMILES string of the molecule is CC(C)c1cc(F)cc(CCCN2CCCC2)c1.CC(C)c1cc(F)cc(CNS(C)(=O)=O)c1.CC(C)c1cc(F)cc(NCCN(C)C)c1.CC(C)c1cc(F)cc(OCCN(C)C)c1.CC(C)c1cc(O)cc(F)c1.CC(C)c1ccc(F)cc1.CC(C)c1cccc(F)c1.CC(C)c1ccccc1F.COc1cc(F)cc(C(C)C)c1. The van der Waals surface area contributed by atoms with Crippen LogP contribution in [0.5, 0.6) is 17.2 Å². The summed E-state index contributed by atoms with van der Waals surface area (Å²) in [6.45, 7) is 43.5. The molecule has 0 bridgehead atoms. The fraction of sp³-hybridized carbons (Fsp3) is 0.455. The number of aryl methyl sites for hydroxylation is 1. The molecule has 0 aliphatic carbocycles. The fourth-order valence-electron chi connectivity index (χ4n) is 11.4. The molecule has 0 spiro atoms. The van der Waals surface area contributed by atoms with E-state index in [0.29, 0.717) is 59.2 Å². The molecule has 0 radical (unpaired) electrons. The van der Waals surface area contributed by atoms with Crippen LogP contribution in [-0.4, -0.2) is 116 Å². The Hall–Kier alpha value is -8.66. The monoisotopic (exact) mass is 1680 g/mol. The van der Waals surface area contributed by atoms with Gasteiger partial charge in [-0.3, -0.25) is 0 Å². The highest BCUT2D eigenvalue weighted by Gasteiger charge is 2.14. The lowest BCUT2D eigenvalue weighted by Crippen LogP contribution is -2.21. The Morgan fingerprint density at radius 1 is 0.412 bits per heavy atom. The number of likely N-dealkylation sites (tertiary alicyclic amines) is 1. The summed E-state index contributed by atoms with van der Waals surface area (Å²) in [5.41, 5.74) is 11.5. The van der Waals surface area contributed by atoms with Crippen molar-refractivity contribution in [3.8, 4) is 17.2 Å². The van der Waals surface area contributed by atoms with E-state index in [9.17, 15) is 47.9 Å². The molecule has 1 heterocycles. The number of aromatic hydroxyl groups is 1. The molecule has 1 aliphatic rings. The number of anilines is 1. The zero-order chi connectivity index (χ0) is 89.8. The van der Waals surface area contributed by atoms with Crippen LogP contribution in [0.2, 0.25) is 0 Å². The first kappa shape index (κ1) is 106. The van der Waals surface area contributed by atoms with Crippen LogP contribution < -0.4 is 19.5 Å². The van der Waals surface area contributed by atoms with Crippen LogP contribution in [0.15, 0.2) is 182 Å². The highest BCUT2D eigenvalue weighted by Crippen LogP contribution is 2.28. The molecule has 0 aromatic heterocycles. The van der Waals surface area contributed by atoms with E-state index in [1.54, 1.807) is 61.7 Å². The van der Waals surface area contributed by atoms with Gasteiger partial charge in [0, 0.05) is 50.1 Å². The lowest BCUT2D eigenvalue weighted by atomic mass is 9.98. The van der Waals surface area contributed by atoms with Gasteiger partial charge in [0.2, 0.25) is 10.0 Å². The predicted molar refractivity (Wildman–Crippen MR) is 479 cm³/mol. The Labute approximate surface area is 709 Å². The van der Waals surface area contributed by atoms with Crippen LogP contribution in [0.25, 0.3) is 0 Å². The Morgan fingerprint density at radius 3 is 1.27 bits per heavy atom. The van der Waals surface area contributed by atoms with E-state index in [0.717, 1.165) is 107 Å². The number of methoxy groups -OCH3 is 1. The number of hydrogen-bond acceptors (Lipinski definition) is 9. The number of nitrogens with zero attached hydrogens (tertiary/aromatic N) is 3. The van der Waals surface area contributed by atoms with Crippen molar-refractivity contribution in [3.63, 3.8) is 0 Å². The van der Waals surface area contributed by atoms with Crippen LogP contribution in [-0.2, 0) is 23.0 Å². The van der Waals surface area contributed by atoms with Crippen molar-refractivity contribution in [2.45, 2.75) is 210 Å². The largest absolute Gasteiger partial charge is 0.508 e. The van der Waals surface area contributed by atoms with Crippen molar-refractivity contribution in [1.29, 1.82) is 0 Å². The van der Waals surface area contributed by atoms with E-state index >= 15 is 0 Å². The number of phenols is 1. The Bertz CT molecular complexity index is 4360. The number of sulfonamides is 1. The van der Waals surface area contributed by atoms with Gasteiger partial charge in [-0.2, -0.15) is 0 Å². The van der Waals surface area contributed by atoms with Gasteiger partial charge in [0.05, 0.1) is 13.4 Å². The highest BCUT2D eigenvalue weighted by atomic mass is 32.2. The number of benzene rings is 9. The van der Waals surface area contributed by atoms with E-state index < -0.39 is 10.0 Å². The van der Waals surface area contributed by atoms with Crippen LogP contribution in [0.4, 0.5) is 45.2 Å². The second kappa shape index (κ2) is 56.0. The molecule has 0 amide bonds. The number of nitrogens with one attached hydrogen (secondary N) is 2. The number of likely N-dealkylation sites (N-methyl/N-ethyl adjacent to an activating group) is 2. The number of halogens is 9. The van der Waals surface area contributed by atoms with Gasteiger partial charge < -0.3 is 34.6 Å². The molecular weight excluding hydrogens is 1540 g/mol. The summed E-state index contributed by atoms with van der Waals surface area (Å²) in [6.07, 6.45) is 5.90. The molecule has 0 atom stereocenters. The van der Waals surface area contributed by atoms with Crippen molar-refractivity contribution in [2.75, 3.05) is 92.7 Å². The standard InChI is InChI=1S/C16H24FN.C13H21FN2.C13H20FNO.C11H16FNO2S.C10H13FO.C9H11FO.3C9H11F/c1-13(2)15-10-14(11-16(17)12-15)6-5-9-18-7-3-4-8-18;1-10(2)11-7-12(14)9-13(8-11)15-5-6-16(3)4;1-10(2)11-7-12(14)9-13(8-11)16-6-5-15(3)4;1-8(2)10-4-9(5-11(12)6-10)7-13-16(3,14)15;1-7(2)8-4-9(11)6-10(5-8)12-3;1-6(2)7-3-8(10)5-9(11)4-7;1-7(2)8-3-5-9(10)6-4-8;1-7(2)8-4-3-5-9(10)6-8;1-7(2)8-5-3-4-6-9(8)10/h10-13H,3-9H2,1-2H3;7-10,15H,5-6H2,1-4H3;7-10H,5-6H2,1-4H3;4-6,8,13H,7H2,1-3H3;4-7H,1-3H3;3-6,11H,1-2H3;3*3-7H,1-2H3. The van der Waals surface area contributed by atoms with Crippen LogP contribution in [0, 0.1) is 52.4 Å². The Kier molecular flexibility index (Phi) is 50.1. The number of hydrogen-bond donors (Lipinski definition) is 3. The summed E-state index contributed by atoms with van der Waals surface area (Å²) in [6, 6.07) is 49.3. The molecule has 1 aliphatic heterocycles. The van der Waals surface area contributed by atoms with Gasteiger partial charge in [-0.25, -0.2) is 52.7 Å². The molecule has 0 unspecified atom stereocenters. The summed E-state index contributed by atoms with van der Waals surface area (Å²) in [5.74, 6) is 2.38. The molecular formula is C99H138F9N5O5S. The summed E-state index contributed by atoms with van der Waals surface area (Å²) < 4.78 is 151. The van der Waals surface area contributed by atoms with Crippen molar-refractivity contribution < 1.29 is 62.5 Å². The van der Waals surface area contributed by atoms with Crippen molar-refractivity contribution in [1.82, 2.24) is 19.4 Å². The van der Waals surface area contributed by atoms with Gasteiger partial charge in [0.1, 0.15) is 76.2 Å². The molecule has 3 N–H and O–H groups in total. The molecule has 9 aromatic rings. The van der Waals surface area contributed by atoms with Gasteiger partial charge >= 0.3 is 0 Å². The average Bonchev–Trinajstić information content (AvgIpc) is 1.08. The quantitative estimate of drug-likeness (QED) is 0.0482. The third kappa shape index (κ3) is 47.2. The summed E-state index contributed by atoms with van der Waals surface area (Å²) in [7, 11) is 6.30. The number of ether oxygens (including phenoxy) is 2. The third-order valence-corrected chi connectivity index (χ3v) is 19.4. The summed E-state index contributed by atoms with van der Waals surface area (Å²) in [4.78, 5) is 6.64. The summed E-state index contributed by atoms with van der Waals surface area (Å²) >= 11 is 0. The number of rotatable bonds is 25. The second-order valence-corrected chi connectivity index (χ2v) is 34.9. The van der Waals surface area contributed by atoms with E-state index in [2.05, 4.69) is 81.3 Å². The van der Waals surface area contributed by atoms with E-state index in [-0.39, 0.29) is 82.4 Å². The Balaban J connectivity index is 0.000000457. The van der Waals surface area contributed by atoms with Gasteiger partial charge in [-0.05, 0) is 297 Å². The minimum absolute atomic E-state index is 0.00583. The smallest absolute Gasteiger partial charge is 0.209 e. The fourth-order valence-corrected chi connectivity index (χ4v) is 11.9. The first-order chi connectivity index (χ1) is 55.7. The van der Waals surface area contributed by atoms with Crippen molar-refractivity contribution in [3.05, 3.63) is 296 Å². The van der Waals surface area contributed by atoms with Crippen LogP contribution in [0.1, 0.15) is 258 Å². The first-order valence-electron chi connectivity index (χ1n) is 41.4. The van der Waals surface area contributed by atoms with E-state index in [4.69, 9.17) is 14.6 Å².